The molecule has 1 aromatic rings. The zero-order valence-corrected chi connectivity index (χ0v) is 15.7. The lowest BCUT2D eigenvalue weighted by Crippen LogP contribution is -2.28. The number of hydrogen-bond acceptors (Lipinski definition) is 2. The summed E-state index contributed by atoms with van der Waals surface area (Å²) in [6, 6.07) is 4.73. The Hall–Kier alpha value is -0.540. The SMILES string of the molecule is CCCCC(CC)C(NCC)c1cc(Br)c(C)cc1OC. The van der Waals surface area contributed by atoms with Crippen LogP contribution in [0.2, 0.25) is 0 Å². The summed E-state index contributed by atoms with van der Waals surface area (Å²) in [5.41, 5.74) is 2.49. The minimum absolute atomic E-state index is 0.360. The van der Waals surface area contributed by atoms with Gasteiger partial charge in [0.1, 0.15) is 5.75 Å². The molecule has 0 aliphatic rings. The van der Waals surface area contributed by atoms with Crippen molar-refractivity contribution in [2.24, 2.45) is 5.92 Å². The van der Waals surface area contributed by atoms with Crippen LogP contribution in [-0.4, -0.2) is 13.7 Å². The van der Waals surface area contributed by atoms with Crippen molar-refractivity contribution in [1.82, 2.24) is 5.32 Å². The van der Waals surface area contributed by atoms with Gasteiger partial charge in [0.05, 0.1) is 7.11 Å². The highest BCUT2D eigenvalue weighted by molar-refractivity contribution is 9.10. The third-order valence-electron chi connectivity index (χ3n) is 4.19. The van der Waals surface area contributed by atoms with Gasteiger partial charge in [0.2, 0.25) is 0 Å². The van der Waals surface area contributed by atoms with E-state index in [0.29, 0.717) is 12.0 Å². The van der Waals surface area contributed by atoms with Crippen LogP contribution in [0.3, 0.4) is 0 Å². The van der Waals surface area contributed by atoms with Crippen molar-refractivity contribution in [3.63, 3.8) is 0 Å². The van der Waals surface area contributed by atoms with E-state index >= 15 is 0 Å². The van der Waals surface area contributed by atoms with Crippen molar-refractivity contribution in [3.8, 4) is 5.75 Å². The summed E-state index contributed by atoms with van der Waals surface area (Å²) in [5.74, 6) is 1.64. The summed E-state index contributed by atoms with van der Waals surface area (Å²) in [7, 11) is 1.77. The van der Waals surface area contributed by atoms with Gasteiger partial charge in [0, 0.05) is 16.1 Å². The highest BCUT2D eigenvalue weighted by Gasteiger charge is 2.24. The second kappa shape index (κ2) is 9.47. The smallest absolute Gasteiger partial charge is 0.123 e. The summed E-state index contributed by atoms with van der Waals surface area (Å²) in [6.07, 6.45) is 4.99. The van der Waals surface area contributed by atoms with Crippen molar-refractivity contribution >= 4 is 15.9 Å². The lowest BCUT2D eigenvalue weighted by atomic mass is 9.86. The predicted molar refractivity (Wildman–Crippen MR) is 95.2 cm³/mol. The molecule has 0 spiro atoms. The van der Waals surface area contributed by atoms with Crippen molar-refractivity contribution in [1.29, 1.82) is 0 Å². The van der Waals surface area contributed by atoms with Gasteiger partial charge in [-0.2, -0.15) is 0 Å². The van der Waals surface area contributed by atoms with Crippen LogP contribution < -0.4 is 10.1 Å². The monoisotopic (exact) mass is 355 g/mol. The first-order chi connectivity index (χ1) is 10.1. The van der Waals surface area contributed by atoms with Gasteiger partial charge in [-0.15, -0.1) is 0 Å². The quantitative estimate of drug-likeness (QED) is 0.619. The third-order valence-corrected chi connectivity index (χ3v) is 5.05. The number of rotatable bonds is 9. The molecule has 0 saturated heterocycles. The molecule has 2 unspecified atom stereocenters. The van der Waals surface area contributed by atoms with Crippen LogP contribution >= 0.6 is 15.9 Å². The van der Waals surface area contributed by atoms with Crippen molar-refractivity contribution < 1.29 is 4.74 Å². The van der Waals surface area contributed by atoms with Gasteiger partial charge < -0.3 is 10.1 Å². The molecule has 0 fully saturated rings. The Kier molecular flexibility index (Phi) is 8.35. The van der Waals surface area contributed by atoms with Gasteiger partial charge in [-0.25, -0.2) is 0 Å². The van der Waals surface area contributed by atoms with E-state index < -0.39 is 0 Å². The standard InChI is InChI=1S/C18H30BrNO/c1-6-9-10-14(7-2)18(20-8-3)15-12-16(19)13(4)11-17(15)21-5/h11-12,14,18,20H,6-10H2,1-5H3. The average Bonchev–Trinajstić information content (AvgIpc) is 2.49. The fourth-order valence-electron chi connectivity index (χ4n) is 2.91. The molecule has 2 atom stereocenters. The molecule has 0 radical (unpaired) electrons. The largest absolute Gasteiger partial charge is 0.496 e. The van der Waals surface area contributed by atoms with Crippen LogP contribution in [-0.2, 0) is 0 Å². The van der Waals surface area contributed by atoms with E-state index in [2.05, 4.69) is 61.1 Å². The van der Waals surface area contributed by atoms with Crippen molar-refractivity contribution in [2.45, 2.75) is 59.4 Å². The van der Waals surface area contributed by atoms with Gasteiger partial charge in [0.25, 0.3) is 0 Å². The molecule has 0 amide bonds. The molecule has 21 heavy (non-hydrogen) atoms. The summed E-state index contributed by atoms with van der Waals surface area (Å²) < 4.78 is 6.81. The molecule has 120 valence electrons. The number of hydrogen-bond donors (Lipinski definition) is 1. The van der Waals surface area contributed by atoms with Crippen LogP contribution in [0.15, 0.2) is 16.6 Å². The first kappa shape index (κ1) is 18.5. The van der Waals surface area contributed by atoms with Crippen LogP contribution in [0.25, 0.3) is 0 Å². The molecule has 0 aliphatic carbocycles. The Balaban J connectivity index is 3.16. The van der Waals surface area contributed by atoms with E-state index in [4.69, 9.17) is 4.74 Å². The summed E-state index contributed by atoms with van der Waals surface area (Å²) >= 11 is 3.67. The molecule has 3 heteroatoms. The van der Waals surface area contributed by atoms with E-state index in [1.54, 1.807) is 7.11 Å². The first-order valence-electron chi connectivity index (χ1n) is 8.16. The number of ether oxygens (including phenoxy) is 1. The van der Waals surface area contributed by atoms with E-state index in [1.807, 2.05) is 0 Å². The molecule has 0 aliphatic heterocycles. The van der Waals surface area contributed by atoms with E-state index in [-0.39, 0.29) is 0 Å². The van der Waals surface area contributed by atoms with E-state index in [0.717, 1.165) is 16.8 Å². The summed E-state index contributed by atoms with van der Waals surface area (Å²) in [5, 5.41) is 3.68. The van der Waals surface area contributed by atoms with E-state index in [9.17, 15) is 0 Å². The second-order valence-electron chi connectivity index (χ2n) is 5.69. The molecule has 2 nitrogen and oxygen atoms in total. The number of aryl methyl sites for hydroxylation is 1. The number of nitrogens with one attached hydrogen (secondary N) is 1. The third kappa shape index (κ3) is 5.00. The topological polar surface area (TPSA) is 21.3 Å². The van der Waals surface area contributed by atoms with Crippen LogP contribution in [0.1, 0.15) is 63.6 Å². The highest BCUT2D eigenvalue weighted by atomic mass is 79.9. The Morgan fingerprint density at radius 3 is 2.48 bits per heavy atom. The highest BCUT2D eigenvalue weighted by Crippen LogP contribution is 2.37. The predicted octanol–water partition coefficient (Wildman–Crippen LogP) is 5.63. The minimum atomic E-state index is 0.360. The normalized spacial score (nSPS) is 14.0. The minimum Gasteiger partial charge on any atom is -0.496 e. The molecular weight excluding hydrogens is 326 g/mol. The Morgan fingerprint density at radius 2 is 1.95 bits per heavy atom. The number of benzene rings is 1. The number of methoxy groups -OCH3 is 1. The molecular formula is C18H30BrNO. The van der Waals surface area contributed by atoms with Crippen molar-refractivity contribution in [3.05, 3.63) is 27.7 Å². The lowest BCUT2D eigenvalue weighted by molar-refractivity contribution is 0.315. The Bertz CT molecular complexity index is 433. The molecule has 1 aromatic carbocycles. The second-order valence-corrected chi connectivity index (χ2v) is 6.54. The molecule has 1 rings (SSSR count). The maximum absolute atomic E-state index is 5.65. The molecule has 0 heterocycles. The summed E-state index contributed by atoms with van der Waals surface area (Å²) in [6.45, 7) is 9.81. The van der Waals surface area contributed by atoms with Gasteiger partial charge in [-0.3, -0.25) is 0 Å². The van der Waals surface area contributed by atoms with Crippen LogP contribution in [0.4, 0.5) is 0 Å². The lowest BCUT2D eigenvalue weighted by Gasteiger charge is -2.29. The molecule has 0 bridgehead atoms. The van der Waals surface area contributed by atoms with Gasteiger partial charge in [-0.1, -0.05) is 56.0 Å². The fourth-order valence-corrected chi connectivity index (χ4v) is 3.27. The number of halogens is 1. The Morgan fingerprint density at radius 1 is 1.24 bits per heavy atom. The zero-order valence-electron chi connectivity index (χ0n) is 14.1. The van der Waals surface area contributed by atoms with Crippen LogP contribution in [0.5, 0.6) is 5.75 Å². The maximum Gasteiger partial charge on any atom is 0.123 e. The first-order valence-corrected chi connectivity index (χ1v) is 8.95. The van der Waals surface area contributed by atoms with Gasteiger partial charge in [0.15, 0.2) is 0 Å². The van der Waals surface area contributed by atoms with Crippen molar-refractivity contribution in [2.75, 3.05) is 13.7 Å². The fraction of sp³-hybridized carbons (Fsp3) is 0.667. The zero-order chi connectivity index (χ0) is 15.8. The maximum atomic E-state index is 5.65. The van der Waals surface area contributed by atoms with Gasteiger partial charge in [-0.05, 0) is 43.5 Å². The van der Waals surface area contributed by atoms with Crippen LogP contribution in [0, 0.1) is 12.8 Å². The Labute approximate surface area is 138 Å². The molecule has 1 N–H and O–H groups in total. The van der Waals surface area contributed by atoms with Gasteiger partial charge >= 0.3 is 0 Å². The molecule has 0 saturated carbocycles. The average molecular weight is 356 g/mol. The molecule has 0 aromatic heterocycles. The van der Waals surface area contributed by atoms with E-state index in [1.165, 1.54) is 36.8 Å². The summed E-state index contributed by atoms with van der Waals surface area (Å²) in [4.78, 5) is 0. The number of unbranched alkanes of at least 4 members (excludes halogenated alkanes) is 1.